The van der Waals surface area contributed by atoms with Gasteiger partial charge in [0.2, 0.25) is 0 Å². The van der Waals surface area contributed by atoms with Crippen molar-refractivity contribution in [2.75, 3.05) is 43.9 Å². The second-order valence-electron chi connectivity index (χ2n) is 9.76. The first kappa shape index (κ1) is 26.8. The smallest absolute Gasteiger partial charge is 0.294 e. The van der Waals surface area contributed by atoms with Crippen molar-refractivity contribution in [3.63, 3.8) is 0 Å². The van der Waals surface area contributed by atoms with Gasteiger partial charge in [0.25, 0.3) is 17.5 Å². The van der Waals surface area contributed by atoms with E-state index in [1.165, 1.54) is 12.3 Å². The quantitative estimate of drug-likeness (QED) is 0.352. The van der Waals surface area contributed by atoms with Crippen molar-refractivity contribution in [1.29, 1.82) is 0 Å². The Morgan fingerprint density at radius 2 is 1.95 bits per heavy atom. The van der Waals surface area contributed by atoms with Crippen molar-refractivity contribution in [2.24, 2.45) is 5.92 Å². The summed E-state index contributed by atoms with van der Waals surface area (Å²) in [5.41, 5.74) is 1.25. The van der Waals surface area contributed by atoms with Gasteiger partial charge >= 0.3 is 0 Å². The van der Waals surface area contributed by atoms with Crippen LogP contribution in [0.1, 0.15) is 46.9 Å². The summed E-state index contributed by atoms with van der Waals surface area (Å²) in [6.45, 7) is 3.47. The third-order valence-electron chi connectivity index (χ3n) is 6.77. The number of carbonyl (C=O) groups is 2. The predicted octanol–water partition coefficient (Wildman–Crippen LogP) is 3.35. The molecule has 0 radical (unpaired) electrons. The molecule has 2 unspecified atom stereocenters. The number of halogens is 1. The van der Waals surface area contributed by atoms with Gasteiger partial charge in [0.15, 0.2) is 0 Å². The first-order valence-corrected chi connectivity index (χ1v) is 13.1. The number of carbonyl (C=O) groups excluding carboxylic acids is 2. The lowest BCUT2D eigenvalue weighted by atomic mass is 9.96. The largest absolute Gasteiger partial charge is 0.391 e. The molecular formula is C25H31BrN6O5. The van der Waals surface area contributed by atoms with E-state index in [1.807, 2.05) is 6.92 Å². The summed E-state index contributed by atoms with van der Waals surface area (Å²) >= 11 is 3.31. The Morgan fingerprint density at radius 3 is 2.65 bits per heavy atom. The summed E-state index contributed by atoms with van der Waals surface area (Å²) < 4.78 is 0.413. The molecule has 37 heavy (non-hydrogen) atoms. The van der Waals surface area contributed by atoms with Crippen molar-refractivity contribution in [1.82, 2.24) is 14.8 Å². The average Bonchev–Trinajstić information content (AvgIpc) is 2.88. The van der Waals surface area contributed by atoms with Gasteiger partial charge in [-0.25, -0.2) is 0 Å². The molecule has 3 N–H and O–H groups in total. The van der Waals surface area contributed by atoms with E-state index in [-0.39, 0.29) is 47.3 Å². The second-order valence-corrected chi connectivity index (χ2v) is 10.7. The zero-order valence-corrected chi connectivity index (χ0v) is 22.4. The SMILES string of the molecule is CNc1cncc(C(=O)N2CCC[C@@H](Nc3c(C(=O)N4CC(C)CC(O)C4)cc(Br)cc3[N+](=O)[O-])C2)c1. The van der Waals surface area contributed by atoms with Crippen LogP contribution < -0.4 is 10.6 Å². The van der Waals surface area contributed by atoms with Crippen LogP contribution in [0.4, 0.5) is 17.1 Å². The number of aliphatic hydroxyl groups excluding tert-OH is 1. The molecule has 2 saturated heterocycles. The molecule has 0 spiro atoms. The molecule has 3 atom stereocenters. The number of aliphatic hydroxyl groups is 1. The Bertz CT molecular complexity index is 1180. The monoisotopic (exact) mass is 574 g/mol. The lowest BCUT2D eigenvalue weighted by Gasteiger charge is -2.36. The van der Waals surface area contributed by atoms with Gasteiger partial charge in [-0.05, 0) is 37.3 Å². The molecule has 2 amide bonds. The second kappa shape index (κ2) is 11.4. The highest BCUT2D eigenvalue weighted by Crippen LogP contribution is 2.35. The van der Waals surface area contributed by atoms with Crippen LogP contribution in [0, 0.1) is 16.0 Å². The number of nitro groups is 1. The Labute approximate surface area is 223 Å². The van der Waals surface area contributed by atoms with E-state index in [9.17, 15) is 24.8 Å². The standard InChI is InChI=1S/C25H31BrN6O5/c1-15-6-20(33)14-31(12-15)25(35)21-8-17(26)9-22(32(36)37)23(21)29-18-4-3-5-30(13-18)24(34)16-7-19(27-2)11-28-10-16/h7-11,15,18,20,27,29,33H,3-6,12-14H2,1-2H3/t15?,18-,20?/m1/s1. The number of aromatic nitrogens is 1. The van der Waals surface area contributed by atoms with Crippen molar-refractivity contribution in [3.05, 3.63) is 56.3 Å². The van der Waals surface area contributed by atoms with Crippen LogP contribution in [0.25, 0.3) is 0 Å². The van der Waals surface area contributed by atoms with Gasteiger partial charge in [-0.1, -0.05) is 22.9 Å². The topological polar surface area (TPSA) is 141 Å². The van der Waals surface area contributed by atoms with Crippen LogP contribution in [0.3, 0.4) is 0 Å². The van der Waals surface area contributed by atoms with Crippen LogP contribution in [0.5, 0.6) is 0 Å². The number of nitro benzene ring substituents is 1. The first-order chi connectivity index (χ1) is 17.7. The van der Waals surface area contributed by atoms with E-state index in [2.05, 4.69) is 31.5 Å². The van der Waals surface area contributed by atoms with E-state index >= 15 is 0 Å². The zero-order valence-electron chi connectivity index (χ0n) is 20.8. The van der Waals surface area contributed by atoms with Crippen molar-refractivity contribution < 1.29 is 19.6 Å². The molecule has 0 aliphatic carbocycles. The first-order valence-electron chi connectivity index (χ1n) is 12.3. The Hall–Kier alpha value is -3.25. The molecular weight excluding hydrogens is 544 g/mol. The van der Waals surface area contributed by atoms with Crippen LogP contribution in [0.2, 0.25) is 0 Å². The molecule has 2 aliphatic heterocycles. The number of nitrogens with one attached hydrogen (secondary N) is 2. The normalized spacial score (nSPS) is 21.9. The number of hydrogen-bond donors (Lipinski definition) is 3. The fourth-order valence-corrected chi connectivity index (χ4v) is 5.52. The molecule has 4 rings (SSSR count). The highest BCUT2D eigenvalue weighted by molar-refractivity contribution is 9.10. The Balaban J connectivity index is 1.60. The molecule has 3 heterocycles. The summed E-state index contributed by atoms with van der Waals surface area (Å²) in [6.07, 6.45) is 4.49. The lowest BCUT2D eigenvalue weighted by molar-refractivity contribution is -0.384. The van der Waals surface area contributed by atoms with E-state index in [0.717, 1.165) is 5.69 Å². The average molecular weight is 575 g/mol. The maximum absolute atomic E-state index is 13.6. The van der Waals surface area contributed by atoms with Crippen molar-refractivity contribution in [3.8, 4) is 0 Å². The molecule has 198 valence electrons. The fourth-order valence-electron chi connectivity index (χ4n) is 5.07. The van der Waals surface area contributed by atoms with Gasteiger partial charge in [0.1, 0.15) is 5.69 Å². The van der Waals surface area contributed by atoms with E-state index < -0.39 is 11.0 Å². The number of piperidine rings is 2. The van der Waals surface area contributed by atoms with E-state index in [0.29, 0.717) is 48.9 Å². The number of likely N-dealkylation sites (tertiary alicyclic amines) is 2. The summed E-state index contributed by atoms with van der Waals surface area (Å²) in [5.74, 6) is -0.440. The van der Waals surface area contributed by atoms with Gasteiger partial charge < -0.3 is 25.5 Å². The van der Waals surface area contributed by atoms with Crippen LogP contribution in [0.15, 0.2) is 35.1 Å². The third-order valence-corrected chi connectivity index (χ3v) is 7.22. The van der Waals surface area contributed by atoms with Crippen LogP contribution in [-0.4, -0.2) is 82.0 Å². The number of amides is 2. The lowest BCUT2D eigenvalue weighted by Crippen LogP contribution is -2.47. The summed E-state index contributed by atoms with van der Waals surface area (Å²) in [7, 11) is 1.75. The Morgan fingerprint density at radius 1 is 1.16 bits per heavy atom. The number of benzene rings is 1. The molecule has 2 aliphatic rings. The molecule has 12 heteroatoms. The summed E-state index contributed by atoms with van der Waals surface area (Å²) in [4.78, 5) is 45.6. The van der Waals surface area contributed by atoms with Gasteiger partial charge in [-0.2, -0.15) is 0 Å². The molecule has 2 fully saturated rings. The summed E-state index contributed by atoms with van der Waals surface area (Å²) in [5, 5.41) is 28.4. The van der Waals surface area contributed by atoms with Crippen molar-refractivity contribution in [2.45, 2.75) is 38.3 Å². The van der Waals surface area contributed by atoms with E-state index in [4.69, 9.17) is 0 Å². The maximum Gasteiger partial charge on any atom is 0.294 e. The zero-order chi connectivity index (χ0) is 26.7. The number of nitrogens with zero attached hydrogens (tertiary/aromatic N) is 4. The predicted molar refractivity (Wildman–Crippen MR) is 143 cm³/mol. The minimum Gasteiger partial charge on any atom is -0.391 e. The number of β-amino-alcohol motifs (C(OH)–C–C–N with tert-alkyl or cyclic N) is 1. The third kappa shape index (κ3) is 6.19. The van der Waals surface area contributed by atoms with E-state index in [1.54, 1.807) is 35.2 Å². The van der Waals surface area contributed by atoms with Gasteiger partial charge in [0.05, 0.1) is 27.8 Å². The highest BCUT2D eigenvalue weighted by Gasteiger charge is 2.33. The Kier molecular flexibility index (Phi) is 8.28. The molecule has 1 aromatic carbocycles. The molecule has 0 bridgehead atoms. The minimum atomic E-state index is -0.639. The number of anilines is 2. The molecule has 1 aromatic heterocycles. The van der Waals surface area contributed by atoms with Gasteiger partial charge in [-0.3, -0.25) is 24.7 Å². The number of rotatable bonds is 6. The molecule has 0 saturated carbocycles. The van der Waals surface area contributed by atoms with Gasteiger partial charge in [0, 0.05) is 62.2 Å². The minimum absolute atomic E-state index is 0.111. The van der Waals surface area contributed by atoms with Crippen LogP contribution in [-0.2, 0) is 0 Å². The van der Waals surface area contributed by atoms with Gasteiger partial charge in [-0.15, -0.1) is 0 Å². The number of pyridine rings is 1. The summed E-state index contributed by atoms with van der Waals surface area (Å²) in [6, 6.07) is 4.38. The maximum atomic E-state index is 13.6. The van der Waals surface area contributed by atoms with Crippen molar-refractivity contribution >= 4 is 44.8 Å². The number of hydrogen-bond acceptors (Lipinski definition) is 8. The van der Waals surface area contributed by atoms with Crippen LogP contribution >= 0.6 is 15.9 Å². The fraction of sp³-hybridized carbons (Fsp3) is 0.480. The molecule has 2 aromatic rings. The highest BCUT2D eigenvalue weighted by atomic mass is 79.9. The molecule has 11 nitrogen and oxygen atoms in total.